The van der Waals surface area contributed by atoms with Gasteiger partial charge in [0.2, 0.25) is 0 Å². The SMILES string of the molecule is COc1cc2nc(NC(=O)c3cc(C)on3)sc2cc1OC. The molecule has 0 bridgehead atoms. The van der Waals surface area contributed by atoms with E-state index in [0.717, 1.165) is 4.70 Å². The van der Waals surface area contributed by atoms with Crippen LogP contribution in [0.2, 0.25) is 0 Å². The molecule has 1 N–H and O–H groups in total. The Balaban J connectivity index is 1.90. The Morgan fingerprint density at radius 3 is 2.59 bits per heavy atom. The van der Waals surface area contributed by atoms with E-state index in [1.807, 2.05) is 6.07 Å². The molecule has 0 spiro atoms. The van der Waals surface area contributed by atoms with Crippen molar-refractivity contribution in [1.29, 1.82) is 0 Å². The molecular formula is C14H13N3O4S. The Bertz CT molecular complexity index is 799. The molecule has 3 rings (SSSR count). The second-order valence-electron chi connectivity index (χ2n) is 4.47. The number of ether oxygens (including phenoxy) is 2. The largest absolute Gasteiger partial charge is 0.493 e. The molecule has 2 heterocycles. The number of aromatic nitrogens is 2. The minimum Gasteiger partial charge on any atom is -0.493 e. The Morgan fingerprint density at radius 1 is 1.23 bits per heavy atom. The minimum absolute atomic E-state index is 0.215. The van der Waals surface area contributed by atoms with E-state index in [0.29, 0.717) is 27.9 Å². The molecule has 0 aliphatic heterocycles. The quantitative estimate of drug-likeness (QED) is 0.795. The summed E-state index contributed by atoms with van der Waals surface area (Å²) in [5.41, 5.74) is 0.932. The Hall–Kier alpha value is -2.61. The van der Waals surface area contributed by atoms with Crippen LogP contribution < -0.4 is 14.8 Å². The van der Waals surface area contributed by atoms with Gasteiger partial charge in [-0.1, -0.05) is 16.5 Å². The molecule has 0 aliphatic rings. The number of nitrogens with one attached hydrogen (secondary N) is 1. The third-order valence-corrected chi connectivity index (χ3v) is 3.91. The Labute approximate surface area is 129 Å². The van der Waals surface area contributed by atoms with Crippen molar-refractivity contribution in [2.75, 3.05) is 19.5 Å². The van der Waals surface area contributed by atoms with Gasteiger partial charge in [-0.05, 0) is 6.92 Å². The first-order chi connectivity index (χ1) is 10.6. The number of amides is 1. The number of benzene rings is 1. The lowest BCUT2D eigenvalue weighted by molar-refractivity contribution is 0.101. The monoisotopic (exact) mass is 319 g/mol. The summed E-state index contributed by atoms with van der Waals surface area (Å²) >= 11 is 1.34. The average molecular weight is 319 g/mol. The second-order valence-corrected chi connectivity index (χ2v) is 5.50. The van der Waals surface area contributed by atoms with Crippen LogP contribution in [0.15, 0.2) is 22.7 Å². The van der Waals surface area contributed by atoms with Crippen molar-refractivity contribution in [2.45, 2.75) is 6.92 Å². The van der Waals surface area contributed by atoms with Gasteiger partial charge in [0.15, 0.2) is 22.3 Å². The molecule has 114 valence electrons. The summed E-state index contributed by atoms with van der Waals surface area (Å²) in [6.07, 6.45) is 0. The maximum absolute atomic E-state index is 12.0. The standard InChI is InChI=1S/C14H13N3O4S/c1-7-4-9(17-21-7)13(18)16-14-15-8-5-10(19-2)11(20-3)6-12(8)22-14/h4-6H,1-3H3,(H,15,16,18). The van der Waals surface area contributed by atoms with E-state index in [4.69, 9.17) is 14.0 Å². The maximum atomic E-state index is 12.0. The molecule has 0 radical (unpaired) electrons. The van der Waals surface area contributed by atoms with E-state index in [-0.39, 0.29) is 11.6 Å². The van der Waals surface area contributed by atoms with Crippen molar-refractivity contribution in [2.24, 2.45) is 0 Å². The first-order valence-electron chi connectivity index (χ1n) is 6.38. The predicted octanol–water partition coefficient (Wildman–Crippen LogP) is 2.86. The number of hydrogen-bond acceptors (Lipinski definition) is 7. The van der Waals surface area contributed by atoms with E-state index >= 15 is 0 Å². The topological polar surface area (TPSA) is 86.5 Å². The molecule has 7 nitrogen and oxygen atoms in total. The average Bonchev–Trinajstić information content (AvgIpc) is 3.10. The third kappa shape index (κ3) is 2.60. The number of methoxy groups -OCH3 is 2. The van der Waals surface area contributed by atoms with Crippen molar-refractivity contribution in [3.63, 3.8) is 0 Å². The van der Waals surface area contributed by atoms with Crippen LogP contribution in [0.3, 0.4) is 0 Å². The molecule has 3 aromatic rings. The van der Waals surface area contributed by atoms with Crippen LogP contribution in [0.1, 0.15) is 16.2 Å². The zero-order valence-electron chi connectivity index (χ0n) is 12.2. The fourth-order valence-corrected chi connectivity index (χ4v) is 2.81. The van der Waals surface area contributed by atoms with E-state index in [9.17, 15) is 4.79 Å². The summed E-state index contributed by atoms with van der Waals surface area (Å²) in [6.45, 7) is 1.72. The lowest BCUT2D eigenvalue weighted by Crippen LogP contribution is -2.11. The molecule has 1 aromatic carbocycles. The van der Waals surface area contributed by atoms with Crippen molar-refractivity contribution in [3.8, 4) is 11.5 Å². The summed E-state index contributed by atoms with van der Waals surface area (Å²) in [4.78, 5) is 16.4. The molecule has 0 unspecified atom stereocenters. The Morgan fingerprint density at radius 2 is 1.95 bits per heavy atom. The smallest absolute Gasteiger partial charge is 0.279 e. The highest BCUT2D eigenvalue weighted by Crippen LogP contribution is 2.36. The summed E-state index contributed by atoms with van der Waals surface area (Å²) in [5.74, 6) is 1.41. The highest BCUT2D eigenvalue weighted by Gasteiger charge is 2.15. The fourth-order valence-electron chi connectivity index (χ4n) is 1.94. The van der Waals surface area contributed by atoms with Gasteiger partial charge in [0, 0.05) is 18.2 Å². The molecule has 0 atom stereocenters. The van der Waals surface area contributed by atoms with Crippen LogP contribution in [-0.4, -0.2) is 30.3 Å². The molecule has 0 saturated carbocycles. The van der Waals surface area contributed by atoms with Gasteiger partial charge in [-0.25, -0.2) is 4.98 Å². The highest BCUT2D eigenvalue weighted by atomic mass is 32.1. The van der Waals surface area contributed by atoms with Gasteiger partial charge in [0.05, 0.1) is 24.4 Å². The van der Waals surface area contributed by atoms with E-state index in [2.05, 4.69) is 15.5 Å². The normalized spacial score (nSPS) is 10.7. The molecule has 8 heteroatoms. The number of hydrogen-bond donors (Lipinski definition) is 1. The van der Waals surface area contributed by atoms with Crippen LogP contribution in [0.25, 0.3) is 10.2 Å². The number of carbonyl (C=O) groups excluding carboxylic acids is 1. The summed E-state index contributed by atoms with van der Waals surface area (Å²) in [6, 6.07) is 5.15. The van der Waals surface area contributed by atoms with Gasteiger partial charge in [0.1, 0.15) is 5.76 Å². The lowest BCUT2D eigenvalue weighted by atomic mass is 10.3. The van der Waals surface area contributed by atoms with Crippen LogP contribution in [0.4, 0.5) is 5.13 Å². The minimum atomic E-state index is -0.366. The summed E-state index contributed by atoms with van der Waals surface area (Å²) in [5, 5.41) is 6.84. The van der Waals surface area contributed by atoms with E-state index in [1.165, 1.54) is 11.3 Å². The van der Waals surface area contributed by atoms with Gasteiger partial charge in [0.25, 0.3) is 5.91 Å². The number of anilines is 1. The molecule has 1 amide bonds. The molecule has 2 aromatic heterocycles. The van der Waals surface area contributed by atoms with Crippen LogP contribution in [0.5, 0.6) is 11.5 Å². The van der Waals surface area contributed by atoms with Crippen LogP contribution in [-0.2, 0) is 0 Å². The number of thiazole rings is 1. The lowest BCUT2D eigenvalue weighted by Gasteiger charge is -2.05. The highest BCUT2D eigenvalue weighted by molar-refractivity contribution is 7.22. The predicted molar refractivity (Wildman–Crippen MR) is 81.9 cm³/mol. The van der Waals surface area contributed by atoms with Gasteiger partial charge < -0.3 is 14.0 Å². The Kier molecular flexibility index (Phi) is 3.68. The number of carbonyl (C=O) groups is 1. The van der Waals surface area contributed by atoms with Crippen molar-refractivity contribution in [1.82, 2.24) is 10.1 Å². The summed E-state index contributed by atoms with van der Waals surface area (Å²) in [7, 11) is 3.13. The van der Waals surface area contributed by atoms with Crippen molar-refractivity contribution < 1.29 is 18.8 Å². The number of rotatable bonds is 4. The fraction of sp³-hybridized carbons (Fsp3) is 0.214. The van der Waals surface area contributed by atoms with E-state index in [1.54, 1.807) is 33.3 Å². The maximum Gasteiger partial charge on any atom is 0.279 e. The zero-order chi connectivity index (χ0) is 15.7. The molecule has 0 aliphatic carbocycles. The molecule has 22 heavy (non-hydrogen) atoms. The molecule has 0 saturated heterocycles. The van der Waals surface area contributed by atoms with E-state index < -0.39 is 0 Å². The van der Waals surface area contributed by atoms with Gasteiger partial charge >= 0.3 is 0 Å². The molecule has 0 fully saturated rings. The van der Waals surface area contributed by atoms with Crippen LogP contribution in [0, 0.1) is 6.92 Å². The number of aryl methyl sites for hydroxylation is 1. The van der Waals surface area contributed by atoms with Gasteiger partial charge in [-0.15, -0.1) is 0 Å². The van der Waals surface area contributed by atoms with Gasteiger partial charge in [-0.2, -0.15) is 0 Å². The van der Waals surface area contributed by atoms with Crippen LogP contribution >= 0.6 is 11.3 Å². The summed E-state index contributed by atoms with van der Waals surface area (Å²) < 4.78 is 16.2. The van der Waals surface area contributed by atoms with Crippen molar-refractivity contribution in [3.05, 3.63) is 29.7 Å². The second kappa shape index (κ2) is 5.64. The first kappa shape index (κ1) is 14.3. The first-order valence-corrected chi connectivity index (χ1v) is 7.19. The number of nitrogens with zero attached hydrogens (tertiary/aromatic N) is 2. The third-order valence-electron chi connectivity index (χ3n) is 2.97. The van der Waals surface area contributed by atoms with Gasteiger partial charge in [-0.3, -0.25) is 10.1 Å². The zero-order valence-corrected chi connectivity index (χ0v) is 13.0. The molecular weight excluding hydrogens is 306 g/mol. The van der Waals surface area contributed by atoms with Crippen molar-refractivity contribution >= 4 is 32.6 Å². The number of fused-ring (bicyclic) bond motifs is 1.